The summed E-state index contributed by atoms with van der Waals surface area (Å²) in [7, 11) is 0. The smallest absolute Gasteiger partial charge is 0.311 e. The number of carbonyl (C=O) groups excluding carboxylic acids is 1. The van der Waals surface area contributed by atoms with E-state index in [1.807, 2.05) is 0 Å². The molecule has 9 heteroatoms. The zero-order valence-corrected chi connectivity index (χ0v) is 14.1. The molecule has 130 valence electrons. The molecule has 2 aromatic carbocycles. The number of thiazole rings is 1. The van der Waals surface area contributed by atoms with Gasteiger partial charge in [-0.1, -0.05) is 24.3 Å². The second kappa shape index (κ2) is 7.99. The van der Waals surface area contributed by atoms with E-state index in [1.165, 1.54) is 29.7 Å². The number of ether oxygens (including phenoxy) is 1. The van der Waals surface area contributed by atoms with E-state index in [-0.39, 0.29) is 17.1 Å². The lowest BCUT2D eigenvalue weighted by Gasteiger charge is -2.08. The van der Waals surface area contributed by atoms with Gasteiger partial charge in [-0.05, 0) is 18.2 Å². The molecular formula is C17H12N4O4S. The maximum atomic E-state index is 11.8. The Morgan fingerprint density at radius 2 is 1.92 bits per heavy atom. The number of carbonyl (C=O) groups is 1. The summed E-state index contributed by atoms with van der Waals surface area (Å²) in [6.07, 6.45) is 1.40. The molecule has 8 nitrogen and oxygen atoms in total. The summed E-state index contributed by atoms with van der Waals surface area (Å²) in [6, 6.07) is 12.9. The summed E-state index contributed by atoms with van der Waals surface area (Å²) in [6.45, 7) is 0. The molecule has 0 unspecified atom stereocenters. The molecule has 0 aliphatic carbocycles. The number of nitro groups is 1. The predicted octanol–water partition coefficient (Wildman–Crippen LogP) is 3.61. The third kappa shape index (κ3) is 4.08. The van der Waals surface area contributed by atoms with Gasteiger partial charge in [0, 0.05) is 17.0 Å². The molecule has 3 aromatic rings. The van der Waals surface area contributed by atoms with Crippen molar-refractivity contribution in [3.05, 3.63) is 80.8 Å². The van der Waals surface area contributed by atoms with Crippen molar-refractivity contribution >= 4 is 29.1 Å². The number of hydrogen-bond acceptors (Lipinski definition) is 7. The van der Waals surface area contributed by atoms with Crippen molar-refractivity contribution in [3.8, 4) is 11.5 Å². The second-order valence-corrected chi connectivity index (χ2v) is 5.66. The number of rotatable bonds is 6. The van der Waals surface area contributed by atoms with Crippen molar-refractivity contribution < 1.29 is 14.5 Å². The Balaban J connectivity index is 1.77. The number of aromatic nitrogens is 1. The Bertz CT molecular complexity index is 957. The summed E-state index contributed by atoms with van der Waals surface area (Å²) in [5, 5.41) is 16.6. The summed E-state index contributed by atoms with van der Waals surface area (Å²) in [4.78, 5) is 26.3. The molecule has 1 heterocycles. The van der Waals surface area contributed by atoms with Gasteiger partial charge in [0.1, 0.15) is 11.4 Å². The monoisotopic (exact) mass is 368 g/mol. The maximum absolute atomic E-state index is 11.8. The number of nitro benzene ring substituents is 1. The van der Waals surface area contributed by atoms with E-state index in [0.717, 1.165) is 0 Å². The molecule has 0 aliphatic rings. The molecule has 1 N–H and O–H groups in total. The van der Waals surface area contributed by atoms with Crippen LogP contribution in [0.2, 0.25) is 0 Å². The Morgan fingerprint density at radius 3 is 2.65 bits per heavy atom. The van der Waals surface area contributed by atoms with Crippen LogP contribution in [0.25, 0.3) is 0 Å². The highest BCUT2D eigenvalue weighted by atomic mass is 32.1. The molecule has 1 aromatic heterocycles. The van der Waals surface area contributed by atoms with Crippen LogP contribution in [-0.2, 0) is 0 Å². The Kier molecular flexibility index (Phi) is 5.30. The fraction of sp³-hybridized carbons (Fsp3) is 0. The SMILES string of the molecule is O=C(N/N=C\c1ccccc1Oc1ccccc1[N+](=O)[O-])c1cscn1. The van der Waals surface area contributed by atoms with Gasteiger partial charge in [-0.15, -0.1) is 11.3 Å². The lowest BCUT2D eigenvalue weighted by atomic mass is 10.2. The molecule has 0 spiro atoms. The van der Waals surface area contributed by atoms with Crippen LogP contribution in [0.4, 0.5) is 5.69 Å². The van der Waals surface area contributed by atoms with Crippen molar-refractivity contribution in [2.24, 2.45) is 5.10 Å². The summed E-state index contributed by atoms with van der Waals surface area (Å²) in [5.74, 6) is 0.0536. The summed E-state index contributed by atoms with van der Waals surface area (Å²) < 4.78 is 5.68. The van der Waals surface area contributed by atoms with E-state index in [4.69, 9.17) is 4.74 Å². The topological polar surface area (TPSA) is 107 Å². The van der Waals surface area contributed by atoms with Crippen LogP contribution in [-0.4, -0.2) is 22.0 Å². The molecule has 1 amide bonds. The number of nitrogens with zero attached hydrogens (tertiary/aromatic N) is 3. The maximum Gasteiger partial charge on any atom is 0.311 e. The standard InChI is InChI=1S/C17H12N4O4S/c22-17(13-10-26-11-18-13)20-19-9-12-5-1-3-7-15(12)25-16-8-4-2-6-14(16)21(23)24/h1-11H,(H,20,22)/b19-9-. The van der Waals surface area contributed by atoms with Gasteiger partial charge in [-0.2, -0.15) is 5.10 Å². The first-order chi connectivity index (χ1) is 12.6. The minimum absolute atomic E-state index is 0.116. The van der Waals surface area contributed by atoms with Crippen LogP contribution in [0.5, 0.6) is 11.5 Å². The number of amides is 1. The van der Waals surface area contributed by atoms with Crippen molar-refractivity contribution in [1.29, 1.82) is 0 Å². The highest BCUT2D eigenvalue weighted by Crippen LogP contribution is 2.31. The van der Waals surface area contributed by atoms with Crippen LogP contribution in [0.3, 0.4) is 0 Å². The van der Waals surface area contributed by atoms with Crippen molar-refractivity contribution in [2.75, 3.05) is 0 Å². The molecule has 0 radical (unpaired) electrons. The zero-order chi connectivity index (χ0) is 18.4. The van der Waals surface area contributed by atoms with E-state index in [2.05, 4.69) is 15.5 Å². The van der Waals surface area contributed by atoms with E-state index in [1.54, 1.807) is 47.3 Å². The van der Waals surface area contributed by atoms with E-state index in [0.29, 0.717) is 11.3 Å². The third-order valence-corrected chi connectivity index (χ3v) is 3.82. The first-order valence-electron chi connectivity index (χ1n) is 7.37. The Labute approximate surface area is 151 Å². The van der Waals surface area contributed by atoms with Gasteiger partial charge in [-0.3, -0.25) is 14.9 Å². The summed E-state index contributed by atoms with van der Waals surface area (Å²) in [5.41, 5.74) is 4.59. The van der Waals surface area contributed by atoms with Crippen LogP contribution in [0.15, 0.2) is 64.5 Å². The number of benzene rings is 2. The lowest BCUT2D eigenvalue weighted by molar-refractivity contribution is -0.385. The zero-order valence-electron chi connectivity index (χ0n) is 13.2. The highest BCUT2D eigenvalue weighted by Gasteiger charge is 2.15. The van der Waals surface area contributed by atoms with E-state index < -0.39 is 10.8 Å². The second-order valence-electron chi connectivity index (χ2n) is 4.94. The van der Waals surface area contributed by atoms with Crippen LogP contribution in [0, 0.1) is 10.1 Å². The highest BCUT2D eigenvalue weighted by molar-refractivity contribution is 7.07. The average Bonchev–Trinajstić information content (AvgIpc) is 3.18. The number of para-hydroxylation sites is 3. The average molecular weight is 368 g/mol. The van der Waals surface area contributed by atoms with Gasteiger partial charge >= 0.3 is 5.69 Å². The number of hydrazone groups is 1. The molecular weight excluding hydrogens is 356 g/mol. The Morgan fingerprint density at radius 1 is 1.19 bits per heavy atom. The number of hydrogen-bond donors (Lipinski definition) is 1. The van der Waals surface area contributed by atoms with Gasteiger partial charge in [0.25, 0.3) is 5.91 Å². The van der Waals surface area contributed by atoms with Crippen LogP contribution in [0.1, 0.15) is 16.1 Å². The quantitative estimate of drug-likeness (QED) is 0.406. The Hall–Kier alpha value is -3.59. The molecule has 0 saturated carbocycles. The molecule has 0 saturated heterocycles. The predicted molar refractivity (Wildman–Crippen MR) is 96.8 cm³/mol. The first kappa shape index (κ1) is 17.2. The van der Waals surface area contributed by atoms with Gasteiger partial charge in [0.15, 0.2) is 0 Å². The van der Waals surface area contributed by atoms with Crippen molar-refractivity contribution in [3.63, 3.8) is 0 Å². The molecule has 0 fully saturated rings. The fourth-order valence-corrected chi connectivity index (χ4v) is 2.57. The van der Waals surface area contributed by atoms with E-state index in [9.17, 15) is 14.9 Å². The molecule has 0 aliphatic heterocycles. The lowest BCUT2D eigenvalue weighted by Crippen LogP contribution is -2.17. The normalized spacial score (nSPS) is 10.6. The largest absolute Gasteiger partial charge is 0.449 e. The van der Waals surface area contributed by atoms with Gasteiger partial charge in [0.2, 0.25) is 5.75 Å². The fourth-order valence-electron chi connectivity index (χ4n) is 2.04. The molecule has 3 rings (SSSR count). The molecule has 0 atom stereocenters. The van der Waals surface area contributed by atoms with Crippen molar-refractivity contribution in [2.45, 2.75) is 0 Å². The van der Waals surface area contributed by atoms with Crippen LogP contribution < -0.4 is 10.2 Å². The van der Waals surface area contributed by atoms with E-state index >= 15 is 0 Å². The first-order valence-corrected chi connectivity index (χ1v) is 8.31. The van der Waals surface area contributed by atoms with Gasteiger partial charge < -0.3 is 4.74 Å². The van der Waals surface area contributed by atoms with Crippen LogP contribution >= 0.6 is 11.3 Å². The summed E-state index contributed by atoms with van der Waals surface area (Å²) >= 11 is 1.31. The molecule has 0 bridgehead atoms. The minimum Gasteiger partial charge on any atom is -0.449 e. The third-order valence-electron chi connectivity index (χ3n) is 3.24. The number of nitrogens with one attached hydrogen (secondary N) is 1. The van der Waals surface area contributed by atoms with Gasteiger partial charge in [-0.25, -0.2) is 10.4 Å². The minimum atomic E-state index is -0.514. The molecule has 26 heavy (non-hydrogen) atoms. The van der Waals surface area contributed by atoms with Gasteiger partial charge in [0.05, 0.1) is 16.6 Å². The van der Waals surface area contributed by atoms with Crippen molar-refractivity contribution in [1.82, 2.24) is 10.4 Å².